The monoisotopic (exact) mass is 395 g/mol. The molecule has 2 aliphatic carbocycles. The maximum absolute atomic E-state index is 2.48. The van der Waals surface area contributed by atoms with Crippen LogP contribution < -0.4 is 5.30 Å². The molecule has 2 saturated carbocycles. The predicted octanol–water partition coefficient (Wildman–Crippen LogP) is 5.50. The van der Waals surface area contributed by atoms with Gasteiger partial charge in [0.15, 0.2) is 0 Å². The summed E-state index contributed by atoms with van der Waals surface area (Å²) in [6, 6.07) is 9.34. The molecule has 0 unspecified atom stereocenters. The molecule has 0 radical (unpaired) electrons. The van der Waals surface area contributed by atoms with E-state index in [0.717, 1.165) is 11.3 Å². The van der Waals surface area contributed by atoms with Crippen molar-refractivity contribution < 1.29 is 20.4 Å². The minimum absolute atomic E-state index is 0. The predicted molar refractivity (Wildman–Crippen MR) is 92.9 cm³/mol. The molecule has 0 saturated heterocycles. The zero-order valence-corrected chi connectivity index (χ0v) is 15.9. The van der Waals surface area contributed by atoms with Gasteiger partial charge in [-0.25, -0.2) is 0 Å². The van der Waals surface area contributed by atoms with Gasteiger partial charge in [-0.1, -0.05) is 31.0 Å². The summed E-state index contributed by atoms with van der Waals surface area (Å²) >= 11 is 0. The fraction of sp³-hybridized carbons (Fsp3) is 0.684. The largest absolute Gasteiger partial charge is 0.0949 e. The summed E-state index contributed by atoms with van der Waals surface area (Å²) < 4.78 is 0. The summed E-state index contributed by atoms with van der Waals surface area (Å²) in [5.74, 6) is 0. The zero-order chi connectivity index (χ0) is 13.8. The van der Waals surface area contributed by atoms with Crippen molar-refractivity contribution in [3.8, 4) is 0 Å². The summed E-state index contributed by atoms with van der Waals surface area (Å²) in [7, 11) is -0.354. The van der Waals surface area contributed by atoms with Crippen LogP contribution in [0.5, 0.6) is 0 Å². The van der Waals surface area contributed by atoms with Gasteiger partial charge in [0.25, 0.3) is 0 Å². The number of rotatable bonds is 3. The van der Waals surface area contributed by atoms with Crippen LogP contribution in [-0.4, -0.2) is 11.3 Å². The Bertz CT molecular complexity index is 401. The molecule has 0 spiro atoms. The second kappa shape index (κ2) is 8.82. The number of hydrogen-bond acceptors (Lipinski definition) is 0. The van der Waals surface area contributed by atoms with Gasteiger partial charge in [-0.15, -0.1) is 0 Å². The summed E-state index contributed by atoms with van der Waals surface area (Å²) in [5, 5.41) is 1.79. The van der Waals surface area contributed by atoms with Crippen molar-refractivity contribution in [2.45, 2.75) is 82.4 Å². The second-order valence-electron chi connectivity index (χ2n) is 6.94. The fourth-order valence-electron chi connectivity index (χ4n) is 4.50. The van der Waals surface area contributed by atoms with E-state index in [4.69, 9.17) is 0 Å². The van der Waals surface area contributed by atoms with Crippen molar-refractivity contribution in [1.82, 2.24) is 0 Å². The SMILES string of the molecule is Cc1ccccc1[PH+](C1CCCCC1)C1CCCCC1.[Pd]. The van der Waals surface area contributed by atoms with E-state index in [-0.39, 0.29) is 28.3 Å². The average molecular weight is 396 g/mol. The van der Waals surface area contributed by atoms with Crippen LogP contribution in [-0.2, 0) is 20.4 Å². The van der Waals surface area contributed by atoms with Gasteiger partial charge in [-0.05, 0) is 69.9 Å². The van der Waals surface area contributed by atoms with E-state index >= 15 is 0 Å². The Kier molecular flexibility index (Phi) is 7.42. The van der Waals surface area contributed by atoms with Gasteiger partial charge in [0.2, 0.25) is 0 Å². The first-order valence-electron chi connectivity index (χ1n) is 8.79. The first-order valence-corrected chi connectivity index (χ1v) is 10.4. The second-order valence-corrected chi connectivity index (χ2v) is 10.0. The van der Waals surface area contributed by atoms with Crippen LogP contribution in [0.15, 0.2) is 24.3 Å². The van der Waals surface area contributed by atoms with E-state index in [1.807, 2.05) is 0 Å². The van der Waals surface area contributed by atoms with Crippen molar-refractivity contribution in [3.05, 3.63) is 29.8 Å². The van der Waals surface area contributed by atoms with Crippen molar-refractivity contribution in [2.24, 2.45) is 0 Å². The third kappa shape index (κ3) is 4.41. The van der Waals surface area contributed by atoms with E-state index in [0.29, 0.717) is 0 Å². The van der Waals surface area contributed by atoms with Gasteiger partial charge in [0.05, 0.1) is 16.6 Å². The van der Waals surface area contributed by atoms with Gasteiger partial charge < -0.3 is 0 Å². The van der Waals surface area contributed by atoms with Gasteiger partial charge >= 0.3 is 0 Å². The Morgan fingerprint density at radius 1 is 0.762 bits per heavy atom. The molecule has 21 heavy (non-hydrogen) atoms. The summed E-state index contributed by atoms with van der Waals surface area (Å²) in [4.78, 5) is 0. The van der Waals surface area contributed by atoms with Crippen LogP contribution in [0.3, 0.4) is 0 Å². The average Bonchev–Trinajstić information content (AvgIpc) is 2.52. The normalized spacial score (nSPS) is 21.2. The minimum atomic E-state index is -0.354. The Morgan fingerprint density at radius 2 is 1.24 bits per heavy atom. The van der Waals surface area contributed by atoms with Crippen molar-refractivity contribution in [1.29, 1.82) is 0 Å². The molecule has 0 heterocycles. The van der Waals surface area contributed by atoms with Crippen molar-refractivity contribution >= 4 is 13.2 Å². The first kappa shape index (κ1) is 17.7. The third-order valence-electron chi connectivity index (χ3n) is 5.55. The van der Waals surface area contributed by atoms with Crippen LogP contribution >= 0.6 is 7.92 Å². The van der Waals surface area contributed by atoms with E-state index in [1.54, 1.807) is 10.9 Å². The molecule has 1 aromatic carbocycles. The molecule has 1 aromatic rings. The molecule has 0 nitrogen and oxygen atoms in total. The molecule has 0 bridgehead atoms. The molecule has 2 fully saturated rings. The first-order chi connectivity index (χ1) is 9.86. The number of aryl methyl sites for hydroxylation is 1. The Labute approximate surface area is 145 Å². The molecule has 0 aliphatic heterocycles. The molecule has 120 valence electrons. The molecule has 0 amide bonds. The van der Waals surface area contributed by atoms with Crippen LogP contribution in [0.4, 0.5) is 0 Å². The van der Waals surface area contributed by atoms with E-state index in [9.17, 15) is 0 Å². The maximum atomic E-state index is 2.48. The maximum Gasteiger partial charge on any atom is 0.0949 e. The fourth-order valence-corrected chi connectivity index (χ4v) is 8.93. The molecular weight excluding hydrogens is 366 g/mol. The van der Waals surface area contributed by atoms with Gasteiger partial charge in [-0.3, -0.25) is 0 Å². The Balaban J connectivity index is 0.00000161. The molecule has 2 heteroatoms. The van der Waals surface area contributed by atoms with Gasteiger partial charge in [0.1, 0.15) is 0 Å². The molecule has 0 atom stereocenters. The topological polar surface area (TPSA) is 0 Å². The molecule has 2 aliphatic rings. The molecule has 0 N–H and O–H groups in total. The van der Waals surface area contributed by atoms with Crippen molar-refractivity contribution in [3.63, 3.8) is 0 Å². The standard InChI is InChI=1S/C19H29P.Pd/c1-16-10-8-9-15-19(16)20(17-11-4-2-5-12-17)18-13-6-3-7-14-18;/h8-10,15,17-18H,2-7,11-14H2,1H3;/p+1. The zero-order valence-electron chi connectivity index (χ0n) is 13.4. The quantitative estimate of drug-likeness (QED) is 0.468. The third-order valence-corrected chi connectivity index (χ3v) is 9.64. The Hall–Kier alpha value is 0.312. The summed E-state index contributed by atoms with van der Waals surface area (Å²) in [6.45, 7) is 2.35. The molecule has 0 aromatic heterocycles. The van der Waals surface area contributed by atoms with Gasteiger partial charge in [-0.2, -0.15) is 0 Å². The Morgan fingerprint density at radius 3 is 1.71 bits per heavy atom. The van der Waals surface area contributed by atoms with Crippen LogP contribution in [0, 0.1) is 6.92 Å². The van der Waals surface area contributed by atoms with Crippen LogP contribution in [0.25, 0.3) is 0 Å². The van der Waals surface area contributed by atoms with E-state index in [2.05, 4.69) is 31.2 Å². The molecule has 3 rings (SSSR count). The smallest absolute Gasteiger partial charge is 0.0617 e. The van der Waals surface area contributed by atoms with Crippen LogP contribution in [0.1, 0.15) is 69.8 Å². The summed E-state index contributed by atoms with van der Waals surface area (Å²) in [5.41, 5.74) is 3.72. The summed E-state index contributed by atoms with van der Waals surface area (Å²) in [6.07, 6.45) is 15.1. The van der Waals surface area contributed by atoms with E-state index in [1.165, 1.54) is 64.2 Å². The number of benzene rings is 1. The minimum Gasteiger partial charge on any atom is -0.0617 e. The van der Waals surface area contributed by atoms with Crippen LogP contribution in [0.2, 0.25) is 0 Å². The van der Waals surface area contributed by atoms with Crippen molar-refractivity contribution in [2.75, 3.05) is 0 Å². The van der Waals surface area contributed by atoms with E-state index < -0.39 is 0 Å². The van der Waals surface area contributed by atoms with Gasteiger partial charge in [0, 0.05) is 28.3 Å². The molecular formula is C19H30PPd+. The number of hydrogen-bond donors (Lipinski definition) is 0.